The van der Waals surface area contributed by atoms with Gasteiger partial charge in [0.1, 0.15) is 11.4 Å². The summed E-state index contributed by atoms with van der Waals surface area (Å²) in [6, 6.07) is 7.74. The number of hydrogen-bond donors (Lipinski definition) is 0. The number of carbonyl (C=O) groups excluding carboxylic acids is 2. The molecule has 5 nitrogen and oxygen atoms in total. The van der Waals surface area contributed by atoms with Crippen LogP contribution in [-0.4, -0.2) is 35.5 Å². The van der Waals surface area contributed by atoms with Gasteiger partial charge in [0.15, 0.2) is 0 Å². The Morgan fingerprint density at radius 3 is 2.81 bits per heavy atom. The van der Waals surface area contributed by atoms with Gasteiger partial charge in [-0.05, 0) is 38.7 Å². The highest BCUT2D eigenvalue weighted by Gasteiger charge is 2.54. The Labute approximate surface area is 155 Å². The minimum atomic E-state index is -0.590. The molecule has 2 fully saturated rings. The zero-order valence-corrected chi connectivity index (χ0v) is 15.4. The molecule has 1 aromatic carbocycles. The van der Waals surface area contributed by atoms with E-state index in [9.17, 15) is 9.59 Å². The van der Waals surface area contributed by atoms with Crippen molar-refractivity contribution < 1.29 is 19.1 Å². The van der Waals surface area contributed by atoms with Gasteiger partial charge >= 0.3 is 5.97 Å². The number of esters is 1. The normalized spacial score (nSPS) is 20.8. The number of hydrogen-bond acceptors (Lipinski definition) is 4. The largest absolute Gasteiger partial charge is 0.494 e. The SMILES string of the molecule is C=CCN(Cc1ccccc1OCC)C(=O)[C@H]1CC(=O)OC12CCCC2. The highest BCUT2D eigenvalue weighted by atomic mass is 16.6. The van der Waals surface area contributed by atoms with E-state index in [0.717, 1.165) is 37.0 Å². The lowest BCUT2D eigenvalue weighted by Gasteiger charge is -2.32. The standard InChI is InChI=1S/C21H27NO4/c1-3-13-22(15-16-9-5-6-10-18(16)25-4-2)20(24)17-14-19(23)26-21(17)11-7-8-12-21/h3,5-6,9-10,17H,1,4,7-8,11-15H2,2H3/t17-/m1/s1. The van der Waals surface area contributed by atoms with E-state index in [4.69, 9.17) is 9.47 Å². The van der Waals surface area contributed by atoms with E-state index in [-0.39, 0.29) is 18.3 Å². The number of carbonyl (C=O) groups is 2. The second kappa shape index (κ2) is 7.94. The molecule has 1 aliphatic heterocycles. The fraction of sp³-hybridized carbons (Fsp3) is 0.524. The third-order valence-electron chi connectivity index (χ3n) is 5.37. The topological polar surface area (TPSA) is 55.8 Å². The molecule has 0 aromatic heterocycles. The highest BCUT2D eigenvalue weighted by Crippen LogP contribution is 2.46. The monoisotopic (exact) mass is 357 g/mol. The summed E-state index contributed by atoms with van der Waals surface area (Å²) in [6.45, 7) is 7.16. The second-order valence-electron chi connectivity index (χ2n) is 7.05. The molecule has 1 heterocycles. The van der Waals surface area contributed by atoms with Crippen LogP contribution in [0, 0.1) is 5.92 Å². The smallest absolute Gasteiger partial charge is 0.307 e. The number of rotatable bonds is 7. The number of amides is 1. The van der Waals surface area contributed by atoms with Crippen LogP contribution in [0.4, 0.5) is 0 Å². The van der Waals surface area contributed by atoms with Gasteiger partial charge in [-0.15, -0.1) is 6.58 Å². The van der Waals surface area contributed by atoms with Gasteiger partial charge in [-0.25, -0.2) is 0 Å². The number of benzene rings is 1. The molecular formula is C21H27NO4. The van der Waals surface area contributed by atoms with Gasteiger partial charge < -0.3 is 14.4 Å². The summed E-state index contributed by atoms with van der Waals surface area (Å²) in [6.07, 6.45) is 5.48. The lowest BCUT2D eigenvalue weighted by molar-refractivity contribution is -0.151. The van der Waals surface area contributed by atoms with Gasteiger partial charge in [-0.1, -0.05) is 24.3 Å². The molecule has 3 rings (SSSR count). The molecule has 140 valence electrons. The first-order valence-corrected chi connectivity index (χ1v) is 9.42. The number of para-hydroxylation sites is 1. The van der Waals surface area contributed by atoms with Crippen molar-refractivity contribution in [3.8, 4) is 5.75 Å². The molecule has 0 N–H and O–H groups in total. The molecule has 0 bridgehead atoms. The number of nitrogens with zero attached hydrogens (tertiary/aromatic N) is 1. The Balaban J connectivity index is 1.82. The maximum Gasteiger partial charge on any atom is 0.307 e. The summed E-state index contributed by atoms with van der Waals surface area (Å²) in [5.41, 5.74) is 0.364. The lowest BCUT2D eigenvalue weighted by Crippen LogP contribution is -2.44. The average Bonchev–Trinajstić information content (AvgIpc) is 3.22. The molecule has 0 radical (unpaired) electrons. The summed E-state index contributed by atoms with van der Waals surface area (Å²) >= 11 is 0. The summed E-state index contributed by atoms with van der Waals surface area (Å²) in [5.74, 6) is 0.116. The van der Waals surface area contributed by atoms with E-state index >= 15 is 0 Å². The van der Waals surface area contributed by atoms with Crippen LogP contribution in [0.3, 0.4) is 0 Å². The maximum absolute atomic E-state index is 13.3. The number of ether oxygens (including phenoxy) is 2. The molecule has 1 aliphatic carbocycles. The Morgan fingerprint density at radius 2 is 2.12 bits per heavy atom. The van der Waals surface area contributed by atoms with Gasteiger partial charge in [0.25, 0.3) is 0 Å². The molecule has 5 heteroatoms. The predicted molar refractivity (Wildman–Crippen MR) is 98.6 cm³/mol. The van der Waals surface area contributed by atoms with Crippen molar-refractivity contribution in [2.45, 2.75) is 51.2 Å². The van der Waals surface area contributed by atoms with E-state index < -0.39 is 11.5 Å². The Bertz CT molecular complexity index is 678. The van der Waals surface area contributed by atoms with Crippen LogP contribution in [0.2, 0.25) is 0 Å². The van der Waals surface area contributed by atoms with Crippen molar-refractivity contribution in [2.75, 3.05) is 13.2 Å². The minimum absolute atomic E-state index is 0.0241. The minimum Gasteiger partial charge on any atom is -0.494 e. The van der Waals surface area contributed by atoms with Crippen LogP contribution in [0.1, 0.15) is 44.6 Å². The molecule has 2 aliphatic rings. The first-order chi connectivity index (χ1) is 12.6. The van der Waals surface area contributed by atoms with Crippen molar-refractivity contribution in [3.63, 3.8) is 0 Å². The molecule has 1 aromatic rings. The first kappa shape index (κ1) is 18.5. The van der Waals surface area contributed by atoms with Crippen LogP contribution in [0.5, 0.6) is 5.75 Å². The fourth-order valence-corrected chi connectivity index (χ4v) is 4.17. The highest BCUT2D eigenvalue weighted by molar-refractivity contribution is 5.88. The molecule has 1 saturated heterocycles. The van der Waals surface area contributed by atoms with Crippen molar-refractivity contribution in [1.29, 1.82) is 0 Å². The molecule has 1 amide bonds. The van der Waals surface area contributed by atoms with Crippen LogP contribution in [0.25, 0.3) is 0 Å². The van der Waals surface area contributed by atoms with Crippen LogP contribution < -0.4 is 4.74 Å². The Morgan fingerprint density at radius 1 is 1.38 bits per heavy atom. The zero-order chi connectivity index (χ0) is 18.6. The van der Waals surface area contributed by atoms with Crippen LogP contribution >= 0.6 is 0 Å². The van der Waals surface area contributed by atoms with Gasteiger partial charge in [0.05, 0.1) is 18.9 Å². The molecular weight excluding hydrogens is 330 g/mol. The fourth-order valence-electron chi connectivity index (χ4n) is 4.17. The summed E-state index contributed by atoms with van der Waals surface area (Å²) in [4.78, 5) is 27.0. The van der Waals surface area contributed by atoms with E-state index in [0.29, 0.717) is 19.7 Å². The Kier molecular flexibility index (Phi) is 5.64. The summed E-state index contributed by atoms with van der Waals surface area (Å²) < 4.78 is 11.3. The zero-order valence-electron chi connectivity index (χ0n) is 15.4. The van der Waals surface area contributed by atoms with Gasteiger partial charge in [-0.2, -0.15) is 0 Å². The van der Waals surface area contributed by atoms with Crippen molar-refractivity contribution in [3.05, 3.63) is 42.5 Å². The maximum atomic E-state index is 13.3. The summed E-state index contributed by atoms with van der Waals surface area (Å²) in [5, 5.41) is 0. The van der Waals surface area contributed by atoms with E-state index in [1.807, 2.05) is 31.2 Å². The molecule has 1 atom stereocenters. The second-order valence-corrected chi connectivity index (χ2v) is 7.05. The van der Waals surface area contributed by atoms with Crippen molar-refractivity contribution >= 4 is 11.9 Å². The van der Waals surface area contributed by atoms with E-state index in [2.05, 4.69) is 6.58 Å². The quantitative estimate of drug-likeness (QED) is 0.554. The van der Waals surface area contributed by atoms with Gasteiger partial charge in [0, 0.05) is 18.7 Å². The van der Waals surface area contributed by atoms with Gasteiger partial charge in [0.2, 0.25) is 5.91 Å². The Hall–Kier alpha value is -2.30. The predicted octanol–water partition coefficient (Wildman–Crippen LogP) is 3.48. The summed E-state index contributed by atoms with van der Waals surface area (Å²) in [7, 11) is 0. The lowest BCUT2D eigenvalue weighted by atomic mass is 9.84. The van der Waals surface area contributed by atoms with Crippen LogP contribution in [-0.2, 0) is 20.9 Å². The third kappa shape index (κ3) is 3.62. The molecule has 1 saturated carbocycles. The van der Waals surface area contributed by atoms with Gasteiger partial charge in [-0.3, -0.25) is 9.59 Å². The van der Waals surface area contributed by atoms with Crippen molar-refractivity contribution in [1.82, 2.24) is 4.90 Å². The molecule has 26 heavy (non-hydrogen) atoms. The van der Waals surface area contributed by atoms with Crippen molar-refractivity contribution in [2.24, 2.45) is 5.92 Å². The van der Waals surface area contributed by atoms with E-state index in [1.165, 1.54) is 0 Å². The van der Waals surface area contributed by atoms with Crippen LogP contribution in [0.15, 0.2) is 36.9 Å². The average molecular weight is 357 g/mol. The molecule has 1 spiro atoms. The third-order valence-corrected chi connectivity index (χ3v) is 5.37. The molecule has 0 unspecified atom stereocenters. The first-order valence-electron chi connectivity index (χ1n) is 9.42. The van der Waals surface area contributed by atoms with E-state index in [1.54, 1.807) is 11.0 Å².